The van der Waals surface area contributed by atoms with Crippen LogP contribution in [0.5, 0.6) is 0 Å². The minimum Gasteiger partial charge on any atom is -0.437 e. The summed E-state index contributed by atoms with van der Waals surface area (Å²) >= 11 is 0. The number of carbonyl (C=O) groups excluding carboxylic acids is 1. The van der Waals surface area contributed by atoms with Gasteiger partial charge in [0.15, 0.2) is 6.10 Å². The second-order valence-corrected chi connectivity index (χ2v) is 7.63. The van der Waals surface area contributed by atoms with Gasteiger partial charge in [-0.3, -0.25) is 4.90 Å². The van der Waals surface area contributed by atoms with Crippen LogP contribution in [0.15, 0.2) is 24.3 Å². The Morgan fingerprint density at radius 2 is 1.85 bits per heavy atom. The van der Waals surface area contributed by atoms with Gasteiger partial charge in [0.05, 0.1) is 0 Å². The molecule has 3 rings (SSSR count). The van der Waals surface area contributed by atoms with Crippen molar-refractivity contribution in [1.29, 1.82) is 0 Å². The van der Waals surface area contributed by atoms with E-state index in [4.69, 9.17) is 0 Å². The van der Waals surface area contributed by atoms with Crippen LogP contribution in [-0.2, 0) is 11.3 Å². The van der Waals surface area contributed by atoms with E-state index < -0.39 is 18.4 Å². The lowest BCUT2D eigenvalue weighted by atomic mass is 9.72. The Labute approximate surface area is 151 Å². The van der Waals surface area contributed by atoms with Crippen molar-refractivity contribution in [3.05, 3.63) is 35.4 Å². The first-order chi connectivity index (χ1) is 12.2. The van der Waals surface area contributed by atoms with Crippen LogP contribution in [0.1, 0.15) is 30.9 Å². The van der Waals surface area contributed by atoms with Crippen LogP contribution in [0.2, 0.25) is 0 Å². The molecule has 2 heterocycles. The van der Waals surface area contributed by atoms with Crippen molar-refractivity contribution in [2.75, 3.05) is 26.2 Å². The third kappa shape index (κ3) is 4.14. The number of amides is 1. The van der Waals surface area contributed by atoms with Gasteiger partial charge in [0.25, 0.3) is 0 Å². The van der Waals surface area contributed by atoms with E-state index in [1.807, 2.05) is 12.1 Å². The normalized spacial score (nSPS) is 21.3. The summed E-state index contributed by atoms with van der Waals surface area (Å²) in [5, 5.41) is 0. The molecule has 1 aromatic carbocycles. The standard InChI is InChI=1S/C19H25F3N2O2/c1-14-5-3-4-6-16(14)11-23-12-18(13-23)7-9-24(10-8-18)17(25)26-15(2)19(20,21)22/h3-6,15H,7-13H2,1-2H3. The predicted octanol–water partition coefficient (Wildman–Crippen LogP) is 3.98. The summed E-state index contributed by atoms with van der Waals surface area (Å²) in [5.74, 6) is 0. The molecule has 26 heavy (non-hydrogen) atoms. The molecule has 2 fully saturated rings. The largest absolute Gasteiger partial charge is 0.437 e. The maximum atomic E-state index is 12.5. The number of likely N-dealkylation sites (tertiary alicyclic amines) is 2. The third-order valence-electron chi connectivity index (χ3n) is 5.59. The molecule has 2 aliphatic heterocycles. The highest BCUT2D eigenvalue weighted by molar-refractivity contribution is 5.68. The highest BCUT2D eigenvalue weighted by atomic mass is 19.4. The number of hydrogen-bond donors (Lipinski definition) is 0. The Bertz CT molecular complexity index is 646. The number of ether oxygens (including phenoxy) is 1. The molecular weight excluding hydrogens is 345 g/mol. The SMILES string of the molecule is Cc1ccccc1CN1CC2(CCN(C(=O)OC(C)C(F)(F)F)CC2)C1. The van der Waals surface area contributed by atoms with Gasteiger partial charge < -0.3 is 9.64 Å². The molecule has 2 aliphatic rings. The van der Waals surface area contributed by atoms with Crippen LogP contribution >= 0.6 is 0 Å². The number of piperidine rings is 1. The van der Waals surface area contributed by atoms with Gasteiger partial charge in [-0.05, 0) is 43.2 Å². The minimum absolute atomic E-state index is 0.190. The van der Waals surface area contributed by atoms with Gasteiger partial charge in [0, 0.05) is 32.7 Å². The van der Waals surface area contributed by atoms with Crippen LogP contribution in [0, 0.1) is 12.3 Å². The van der Waals surface area contributed by atoms with Crippen LogP contribution in [0.3, 0.4) is 0 Å². The summed E-state index contributed by atoms with van der Waals surface area (Å²) in [6.07, 6.45) is -5.82. The van der Waals surface area contributed by atoms with Gasteiger partial charge in [-0.1, -0.05) is 24.3 Å². The quantitative estimate of drug-likeness (QED) is 0.807. The van der Waals surface area contributed by atoms with E-state index in [-0.39, 0.29) is 5.41 Å². The second kappa shape index (κ2) is 7.10. The van der Waals surface area contributed by atoms with Crippen LogP contribution in [-0.4, -0.2) is 54.4 Å². The average Bonchev–Trinajstić information content (AvgIpc) is 2.55. The molecule has 7 heteroatoms. The summed E-state index contributed by atoms with van der Waals surface area (Å²) in [6.45, 7) is 6.76. The summed E-state index contributed by atoms with van der Waals surface area (Å²) in [4.78, 5) is 15.7. The molecule has 4 nitrogen and oxygen atoms in total. The lowest BCUT2D eigenvalue weighted by molar-refractivity contribution is -0.200. The zero-order chi connectivity index (χ0) is 18.9. The Balaban J connectivity index is 1.45. The van der Waals surface area contributed by atoms with Gasteiger partial charge in [0.1, 0.15) is 0 Å². The van der Waals surface area contributed by atoms with Crippen molar-refractivity contribution in [2.24, 2.45) is 5.41 Å². The van der Waals surface area contributed by atoms with Crippen LogP contribution < -0.4 is 0 Å². The van der Waals surface area contributed by atoms with E-state index in [0.717, 1.165) is 39.4 Å². The Kier molecular flexibility index (Phi) is 5.19. The molecule has 0 bridgehead atoms. The fraction of sp³-hybridized carbons (Fsp3) is 0.632. The molecular formula is C19H25F3N2O2. The predicted molar refractivity (Wildman–Crippen MR) is 91.7 cm³/mol. The Hall–Kier alpha value is -1.76. The van der Waals surface area contributed by atoms with Crippen molar-refractivity contribution >= 4 is 6.09 Å². The summed E-state index contributed by atoms with van der Waals surface area (Å²) in [7, 11) is 0. The number of nitrogens with zero attached hydrogens (tertiary/aromatic N) is 2. The number of rotatable bonds is 3. The lowest BCUT2D eigenvalue weighted by Crippen LogP contribution is -2.60. The number of benzene rings is 1. The number of halogens is 3. The molecule has 0 N–H and O–H groups in total. The maximum Gasteiger partial charge on any atom is 0.425 e. The average molecular weight is 370 g/mol. The zero-order valence-corrected chi connectivity index (χ0v) is 15.2. The van der Waals surface area contributed by atoms with E-state index >= 15 is 0 Å². The highest BCUT2D eigenvalue weighted by Crippen LogP contribution is 2.41. The molecule has 0 saturated carbocycles. The van der Waals surface area contributed by atoms with Crippen molar-refractivity contribution in [2.45, 2.75) is 45.5 Å². The van der Waals surface area contributed by atoms with Gasteiger partial charge in [0.2, 0.25) is 0 Å². The molecule has 1 unspecified atom stereocenters. The summed E-state index contributed by atoms with van der Waals surface area (Å²) < 4.78 is 42.1. The molecule has 0 aromatic heterocycles. The van der Waals surface area contributed by atoms with Gasteiger partial charge >= 0.3 is 12.3 Å². The first kappa shape index (κ1) is 19.0. The van der Waals surface area contributed by atoms with Crippen molar-refractivity contribution in [1.82, 2.24) is 9.80 Å². The Morgan fingerprint density at radius 3 is 2.42 bits per heavy atom. The molecule has 144 valence electrons. The third-order valence-corrected chi connectivity index (χ3v) is 5.59. The van der Waals surface area contributed by atoms with E-state index in [1.54, 1.807) is 0 Å². The number of hydrogen-bond acceptors (Lipinski definition) is 3. The fourth-order valence-electron chi connectivity index (χ4n) is 3.82. The van der Waals surface area contributed by atoms with Gasteiger partial charge in [-0.25, -0.2) is 4.79 Å². The highest BCUT2D eigenvalue weighted by Gasteiger charge is 2.46. The first-order valence-corrected chi connectivity index (χ1v) is 8.98. The molecule has 0 radical (unpaired) electrons. The molecule has 2 saturated heterocycles. The van der Waals surface area contributed by atoms with E-state index in [9.17, 15) is 18.0 Å². The van der Waals surface area contributed by atoms with Gasteiger partial charge in [-0.15, -0.1) is 0 Å². The fourth-order valence-corrected chi connectivity index (χ4v) is 3.82. The number of carbonyl (C=O) groups is 1. The molecule has 1 aromatic rings. The summed E-state index contributed by atoms with van der Waals surface area (Å²) in [6, 6.07) is 8.33. The van der Waals surface area contributed by atoms with Crippen LogP contribution in [0.4, 0.5) is 18.0 Å². The van der Waals surface area contributed by atoms with Gasteiger partial charge in [-0.2, -0.15) is 13.2 Å². The zero-order valence-electron chi connectivity index (χ0n) is 15.2. The van der Waals surface area contributed by atoms with Crippen molar-refractivity contribution < 1.29 is 22.7 Å². The molecule has 1 amide bonds. The monoisotopic (exact) mass is 370 g/mol. The Morgan fingerprint density at radius 1 is 1.23 bits per heavy atom. The summed E-state index contributed by atoms with van der Waals surface area (Å²) in [5.41, 5.74) is 2.80. The second-order valence-electron chi connectivity index (χ2n) is 7.63. The molecule has 1 atom stereocenters. The molecule has 0 aliphatic carbocycles. The lowest BCUT2D eigenvalue weighted by Gasteiger charge is -2.54. The smallest absolute Gasteiger partial charge is 0.425 e. The minimum atomic E-state index is -4.52. The maximum absolute atomic E-state index is 12.5. The topological polar surface area (TPSA) is 32.8 Å². The number of alkyl halides is 3. The van der Waals surface area contributed by atoms with Crippen LogP contribution in [0.25, 0.3) is 0 Å². The first-order valence-electron chi connectivity index (χ1n) is 8.98. The van der Waals surface area contributed by atoms with E-state index in [1.165, 1.54) is 16.0 Å². The van der Waals surface area contributed by atoms with E-state index in [0.29, 0.717) is 13.1 Å². The number of aryl methyl sites for hydroxylation is 1. The van der Waals surface area contributed by atoms with E-state index in [2.05, 4.69) is 28.7 Å². The van der Waals surface area contributed by atoms with Crippen molar-refractivity contribution in [3.8, 4) is 0 Å². The molecule has 1 spiro atoms. The van der Waals surface area contributed by atoms with Crippen molar-refractivity contribution in [3.63, 3.8) is 0 Å².